The van der Waals surface area contributed by atoms with Gasteiger partial charge in [-0.1, -0.05) is 0 Å². The first-order valence-electron chi connectivity index (χ1n) is 6.49. The fraction of sp³-hybridized carbons (Fsp3) is 0.833. The Morgan fingerprint density at radius 2 is 2.00 bits per heavy atom. The minimum absolute atomic E-state index is 0.500. The SMILES string of the molecule is C1CN(c2nc(C3CC3)ns2)C2(C1)CCC2. The second-order valence-electron chi connectivity index (χ2n) is 5.54. The topological polar surface area (TPSA) is 29.0 Å². The molecule has 0 bridgehead atoms. The van der Waals surface area contributed by atoms with E-state index in [2.05, 4.69) is 9.27 Å². The maximum absolute atomic E-state index is 4.76. The molecule has 16 heavy (non-hydrogen) atoms. The van der Waals surface area contributed by atoms with E-state index in [1.54, 1.807) is 11.5 Å². The second kappa shape index (κ2) is 3.19. The van der Waals surface area contributed by atoms with Crippen LogP contribution < -0.4 is 4.90 Å². The molecule has 2 heterocycles. The average Bonchev–Trinajstić information content (AvgIpc) is 2.81. The van der Waals surface area contributed by atoms with Crippen molar-refractivity contribution in [2.75, 3.05) is 11.4 Å². The molecule has 1 aliphatic heterocycles. The molecule has 3 aliphatic rings. The minimum atomic E-state index is 0.500. The zero-order valence-corrected chi connectivity index (χ0v) is 10.3. The predicted octanol–water partition coefficient (Wildman–Crippen LogP) is 2.94. The van der Waals surface area contributed by atoms with Crippen molar-refractivity contribution in [3.63, 3.8) is 0 Å². The molecule has 86 valence electrons. The van der Waals surface area contributed by atoms with Gasteiger partial charge in [0.05, 0.1) is 0 Å². The molecule has 0 N–H and O–H groups in total. The van der Waals surface area contributed by atoms with Crippen LogP contribution in [0.3, 0.4) is 0 Å². The summed E-state index contributed by atoms with van der Waals surface area (Å²) in [5.41, 5.74) is 0.500. The third-order valence-electron chi connectivity index (χ3n) is 4.49. The van der Waals surface area contributed by atoms with Gasteiger partial charge in [0, 0.05) is 29.5 Å². The summed E-state index contributed by atoms with van der Waals surface area (Å²) in [6.07, 6.45) is 9.51. The van der Waals surface area contributed by atoms with E-state index in [1.165, 1.54) is 56.6 Å². The van der Waals surface area contributed by atoms with Crippen molar-refractivity contribution in [1.82, 2.24) is 9.36 Å². The highest BCUT2D eigenvalue weighted by molar-refractivity contribution is 7.09. The highest BCUT2D eigenvalue weighted by Gasteiger charge is 2.47. The van der Waals surface area contributed by atoms with Crippen molar-refractivity contribution >= 4 is 16.7 Å². The number of anilines is 1. The first-order valence-corrected chi connectivity index (χ1v) is 7.26. The first kappa shape index (κ1) is 9.40. The molecule has 0 amide bonds. The molecule has 1 saturated heterocycles. The zero-order chi connectivity index (χ0) is 10.6. The summed E-state index contributed by atoms with van der Waals surface area (Å²) in [4.78, 5) is 7.33. The number of rotatable bonds is 2. The van der Waals surface area contributed by atoms with Crippen molar-refractivity contribution in [3.8, 4) is 0 Å². The molecule has 0 unspecified atom stereocenters. The average molecular weight is 235 g/mol. The summed E-state index contributed by atoms with van der Waals surface area (Å²) in [6.45, 7) is 1.21. The standard InChI is InChI=1S/C12H17N3S/c1-5-12(6-1)7-2-8-15(12)11-13-10(14-16-11)9-3-4-9/h9H,1-8H2. The van der Waals surface area contributed by atoms with Crippen LogP contribution in [0.4, 0.5) is 5.13 Å². The molecule has 2 saturated carbocycles. The van der Waals surface area contributed by atoms with Gasteiger partial charge in [-0.25, -0.2) is 4.98 Å². The third-order valence-corrected chi connectivity index (χ3v) is 5.24. The minimum Gasteiger partial charge on any atom is -0.341 e. The van der Waals surface area contributed by atoms with Crippen molar-refractivity contribution < 1.29 is 0 Å². The second-order valence-corrected chi connectivity index (χ2v) is 6.27. The maximum atomic E-state index is 4.76. The van der Waals surface area contributed by atoms with Gasteiger partial charge < -0.3 is 4.90 Å². The van der Waals surface area contributed by atoms with Crippen LogP contribution in [0.2, 0.25) is 0 Å². The van der Waals surface area contributed by atoms with E-state index in [0.29, 0.717) is 11.5 Å². The molecule has 4 heteroatoms. The number of hydrogen-bond donors (Lipinski definition) is 0. The van der Waals surface area contributed by atoms with Crippen molar-refractivity contribution in [1.29, 1.82) is 0 Å². The van der Waals surface area contributed by atoms with Crippen LogP contribution in [0.5, 0.6) is 0 Å². The van der Waals surface area contributed by atoms with Crippen LogP contribution in [-0.4, -0.2) is 21.4 Å². The molecule has 0 atom stereocenters. The van der Waals surface area contributed by atoms with Gasteiger partial charge >= 0.3 is 0 Å². The van der Waals surface area contributed by atoms with E-state index >= 15 is 0 Å². The Bertz CT molecular complexity index is 406. The lowest BCUT2D eigenvalue weighted by Gasteiger charge is -2.45. The van der Waals surface area contributed by atoms with Gasteiger partial charge in [-0.2, -0.15) is 4.37 Å². The van der Waals surface area contributed by atoms with Gasteiger partial charge in [0.25, 0.3) is 0 Å². The summed E-state index contributed by atoms with van der Waals surface area (Å²) in [5.74, 6) is 1.83. The van der Waals surface area contributed by atoms with Crippen molar-refractivity contribution in [2.45, 2.75) is 56.4 Å². The van der Waals surface area contributed by atoms with E-state index in [-0.39, 0.29) is 0 Å². The molecule has 3 fully saturated rings. The van der Waals surface area contributed by atoms with Crippen LogP contribution in [0.25, 0.3) is 0 Å². The summed E-state index contributed by atoms with van der Waals surface area (Å²) in [6, 6.07) is 0. The fourth-order valence-corrected chi connectivity index (χ4v) is 4.07. The molecule has 3 nitrogen and oxygen atoms in total. The zero-order valence-electron chi connectivity index (χ0n) is 9.48. The van der Waals surface area contributed by atoms with Gasteiger partial charge in [-0.05, 0) is 44.9 Å². The first-order chi connectivity index (χ1) is 7.87. The maximum Gasteiger partial charge on any atom is 0.205 e. The van der Waals surface area contributed by atoms with Crippen LogP contribution in [-0.2, 0) is 0 Å². The molecule has 2 aliphatic carbocycles. The highest BCUT2D eigenvalue weighted by atomic mass is 32.1. The molecular weight excluding hydrogens is 218 g/mol. The smallest absolute Gasteiger partial charge is 0.205 e. The van der Waals surface area contributed by atoms with Gasteiger partial charge in [0.1, 0.15) is 5.82 Å². The molecule has 1 aromatic rings. The summed E-state index contributed by atoms with van der Waals surface area (Å²) in [7, 11) is 0. The van der Waals surface area contributed by atoms with E-state index in [0.717, 1.165) is 5.82 Å². The molecule has 0 radical (unpaired) electrons. The third kappa shape index (κ3) is 1.25. The Morgan fingerprint density at radius 3 is 2.69 bits per heavy atom. The Balaban J connectivity index is 1.62. The van der Waals surface area contributed by atoms with E-state index in [9.17, 15) is 0 Å². The van der Waals surface area contributed by atoms with Crippen LogP contribution >= 0.6 is 11.5 Å². The van der Waals surface area contributed by atoms with Gasteiger partial charge in [-0.3, -0.25) is 0 Å². The van der Waals surface area contributed by atoms with E-state index in [1.807, 2.05) is 0 Å². The Hall–Kier alpha value is -0.640. The number of hydrogen-bond acceptors (Lipinski definition) is 4. The van der Waals surface area contributed by atoms with Crippen LogP contribution in [0.15, 0.2) is 0 Å². The summed E-state index contributed by atoms with van der Waals surface area (Å²) in [5, 5.41) is 1.21. The van der Waals surface area contributed by atoms with Crippen molar-refractivity contribution in [2.24, 2.45) is 0 Å². The van der Waals surface area contributed by atoms with Gasteiger partial charge in [0.15, 0.2) is 0 Å². The Morgan fingerprint density at radius 1 is 1.19 bits per heavy atom. The highest BCUT2D eigenvalue weighted by Crippen LogP contribution is 2.48. The normalized spacial score (nSPS) is 27.4. The monoisotopic (exact) mass is 235 g/mol. The lowest BCUT2D eigenvalue weighted by molar-refractivity contribution is 0.250. The number of nitrogens with zero attached hydrogens (tertiary/aromatic N) is 3. The van der Waals surface area contributed by atoms with Crippen LogP contribution in [0.1, 0.15) is 56.7 Å². The molecule has 1 aromatic heterocycles. The number of aromatic nitrogens is 2. The lowest BCUT2D eigenvalue weighted by Crippen LogP contribution is -2.49. The summed E-state index contributed by atoms with van der Waals surface area (Å²) >= 11 is 1.63. The molecule has 0 aromatic carbocycles. The Labute approximate surface area is 100 Å². The van der Waals surface area contributed by atoms with Crippen molar-refractivity contribution in [3.05, 3.63) is 5.82 Å². The van der Waals surface area contributed by atoms with Gasteiger partial charge in [0.2, 0.25) is 5.13 Å². The quantitative estimate of drug-likeness (QED) is 0.789. The van der Waals surface area contributed by atoms with E-state index < -0.39 is 0 Å². The van der Waals surface area contributed by atoms with Gasteiger partial charge in [-0.15, -0.1) is 0 Å². The van der Waals surface area contributed by atoms with Crippen LogP contribution in [0, 0.1) is 0 Å². The lowest BCUT2D eigenvalue weighted by atomic mass is 9.75. The predicted molar refractivity (Wildman–Crippen MR) is 65.0 cm³/mol. The summed E-state index contributed by atoms with van der Waals surface area (Å²) < 4.78 is 4.54. The van der Waals surface area contributed by atoms with E-state index in [4.69, 9.17) is 4.98 Å². The molecule has 1 spiro atoms. The molecule has 4 rings (SSSR count). The largest absolute Gasteiger partial charge is 0.341 e. The molecular formula is C12H17N3S. The fourth-order valence-electron chi connectivity index (χ4n) is 3.19. The Kier molecular flexibility index (Phi) is 1.87.